The van der Waals surface area contributed by atoms with Crippen molar-refractivity contribution in [3.05, 3.63) is 102 Å². The van der Waals surface area contributed by atoms with Crippen LogP contribution in [0, 0.1) is 5.92 Å². The summed E-state index contributed by atoms with van der Waals surface area (Å²) in [4.78, 5) is 30.0. The second-order valence-corrected chi connectivity index (χ2v) is 10.4. The highest BCUT2D eigenvalue weighted by molar-refractivity contribution is 5.93. The smallest absolute Gasteiger partial charge is 0.307 e. The molecule has 2 aromatic heterocycles. The number of phenols is 1. The largest absolute Gasteiger partial charge is 0.508 e. The molecule has 5 rings (SSSR count). The van der Waals surface area contributed by atoms with E-state index in [0.29, 0.717) is 30.0 Å². The number of pyridine rings is 1. The molecule has 1 fully saturated rings. The Morgan fingerprint density at radius 3 is 2.37 bits per heavy atom. The van der Waals surface area contributed by atoms with E-state index in [0.717, 1.165) is 36.8 Å². The van der Waals surface area contributed by atoms with Crippen LogP contribution in [0.3, 0.4) is 0 Å². The lowest BCUT2D eigenvalue weighted by atomic mass is 9.69. The summed E-state index contributed by atoms with van der Waals surface area (Å²) in [5, 5.41) is 22.8. The Labute approximate surface area is 222 Å². The standard InChI is InChI=1S/C31H33N3O4/c35-26-14-12-24(13-15-26)31(16-5-2-6-17-31)21-32-29(36)27-10-7-11-28-33-25(20-34(27)28)19-23(30(37)38)18-22-8-3-1-4-9-22/h1,3-4,7-15,20,23,35H,2,5-6,16-19,21H2,(H,32,36)(H,37,38). The Balaban J connectivity index is 1.34. The summed E-state index contributed by atoms with van der Waals surface area (Å²) in [6.45, 7) is 0.507. The van der Waals surface area contributed by atoms with E-state index >= 15 is 0 Å². The molecule has 0 saturated heterocycles. The van der Waals surface area contributed by atoms with Crippen LogP contribution < -0.4 is 5.32 Å². The van der Waals surface area contributed by atoms with E-state index in [2.05, 4.69) is 10.3 Å². The molecule has 1 aliphatic carbocycles. The first-order valence-electron chi connectivity index (χ1n) is 13.2. The third kappa shape index (κ3) is 5.57. The molecule has 7 heteroatoms. The Hall–Kier alpha value is -4.13. The van der Waals surface area contributed by atoms with Gasteiger partial charge in [-0.15, -0.1) is 0 Å². The first-order valence-corrected chi connectivity index (χ1v) is 13.2. The van der Waals surface area contributed by atoms with Crippen molar-refractivity contribution < 1.29 is 19.8 Å². The lowest BCUT2D eigenvalue weighted by Gasteiger charge is -2.38. The number of hydrogen-bond donors (Lipinski definition) is 3. The number of amides is 1. The number of nitrogens with one attached hydrogen (secondary N) is 1. The minimum atomic E-state index is -0.865. The molecule has 0 spiro atoms. The maximum Gasteiger partial charge on any atom is 0.307 e. The molecule has 0 bridgehead atoms. The number of carboxylic acids is 1. The molecule has 3 N–H and O–H groups in total. The van der Waals surface area contributed by atoms with Crippen LogP contribution in [0.2, 0.25) is 0 Å². The second kappa shape index (κ2) is 11.1. The minimum Gasteiger partial charge on any atom is -0.508 e. The van der Waals surface area contributed by atoms with E-state index < -0.39 is 11.9 Å². The van der Waals surface area contributed by atoms with Gasteiger partial charge in [0.05, 0.1) is 11.6 Å². The molecule has 2 aromatic carbocycles. The van der Waals surface area contributed by atoms with Crippen molar-refractivity contribution >= 4 is 17.5 Å². The van der Waals surface area contributed by atoms with Crippen LogP contribution in [0.25, 0.3) is 5.65 Å². The van der Waals surface area contributed by atoms with Gasteiger partial charge in [-0.1, -0.05) is 67.8 Å². The quantitative estimate of drug-likeness (QED) is 0.288. The highest BCUT2D eigenvalue weighted by atomic mass is 16.4. The maximum absolute atomic E-state index is 13.4. The molecule has 7 nitrogen and oxygen atoms in total. The van der Waals surface area contributed by atoms with E-state index in [-0.39, 0.29) is 23.5 Å². The van der Waals surface area contributed by atoms with Gasteiger partial charge >= 0.3 is 5.97 Å². The molecular weight excluding hydrogens is 478 g/mol. The number of aliphatic carboxylic acids is 1. The van der Waals surface area contributed by atoms with Crippen LogP contribution in [-0.4, -0.2) is 38.0 Å². The normalized spacial score (nSPS) is 15.7. The van der Waals surface area contributed by atoms with E-state index in [1.54, 1.807) is 34.9 Å². The van der Waals surface area contributed by atoms with Gasteiger partial charge in [0.2, 0.25) is 0 Å². The first-order chi connectivity index (χ1) is 18.4. The zero-order valence-corrected chi connectivity index (χ0v) is 21.3. The highest BCUT2D eigenvalue weighted by Crippen LogP contribution is 2.39. The number of aromatic hydroxyl groups is 1. The van der Waals surface area contributed by atoms with Crippen molar-refractivity contribution in [1.29, 1.82) is 0 Å². The van der Waals surface area contributed by atoms with Crippen LogP contribution in [-0.2, 0) is 23.1 Å². The van der Waals surface area contributed by atoms with Crippen molar-refractivity contribution in [2.45, 2.75) is 50.4 Å². The molecular formula is C31H33N3O4. The maximum atomic E-state index is 13.4. The molecule has 196 valence electrons. The Morgan fingerprint density at radius 1 is 0.921 bits per heavy atom. The zero-order chi connectivity index (χ0) is 26.5. The Bertz CT molecular complexity index is 1410. The van der Waals surface area contributed by atoms with E-state index in [1.807, 2.05) is 48.5 Å². The third-order valence-electron chi connectivity index (χ3n) is 7.78. The molecule has 38 heavy (non-hydrogen) atoms. The lowest BCUT2D eigenvalue weighted by molar-refractivity contribution is -0.141. The van der Waals surface area contributed by atoms with Crippen LogP contribution in [0.5, 0.6) is 5.75 Å². The van der Waals surface area contributed by atoms with Crippen LogP contribution in [0.4, 0.5) is 0 Å². The molecule has 0 aliphatic heterocycles. The number of fused-ring (bicyclic) bond motifs is 1. The zero-order valence-electron chi connectivity index (χ0n) is 21.3. The van der Waals surface area contributed by atoms with Crippen molar-refractivity contribution in [2.75, 3.05) is 6.54 Å². The van der Waals surface area contributed by atoms with Gasteiger partial charge in [-0.05, 0) is 54.7 Å². The summed E-state index contributed by atoms with van der Waals surface area (Å²) in [5.74, 6) is -1.44. The number of hydrogen-bond acceptors (Lipinski definition) is 4. The van der Waals surface area contributed by atoms with Crippen molar-refractivity contribution in [1.82, 2.24) is 14.7 Å². The lowest BCUT2D eigenvalue weighted by Crippen LogP contribution is -2.42. The summed E-state index contributed by atoms with van der Waals surface area (Å²) in [6, 6.07) is 22.3. The monoisotopic (exact) mass is 511 g/mol. The number of benzene rings is 2. The van der Waals surface area contributed by atoms with E-state index in [9.17, 15) is 19.8 Å². The van der Waals surface area contributed by atoms with Crippen molar-refractivity contribution in [3.63, 3.8) is 0 Å². The molecule has 0 radical (unpaired) electrons. The number of nitrogens with zero attached hydrogens (tertiary/aromatic N) is 2. The van der Waals surface area contributed by atoms with Crippen molar-refractivity contribution in [3.8, 4) is 5.75 Å². The highest BCUT2D eigenvalue weighted by Gasteiger charge is 2.34. The molecule has 1 aliphatic rings. The molecule has 2 heterocycles. The predicted octanol–water partition coefficient (Wildman–Crippen LogP) is 5.16. The van der Waals surface area contributed by atoms with Gasteiger partial charge in [0.1, 0.15) is 17.1 Å². The first kappa shape index (κ1) is 25.5. The minimum absolute atomic E-state index is 0.165. The third-order valence-corrected chi connectivity index (χ3v) is 7.78. The molecule has 4 aromatic rings. The summed E-state index contributed by atoms with van der Waals surface area (Å²) >= 11 is 0. The average Bonchev–Trinajstić information content (AvgIpc) is 3.35. The molecule has 1 amide bonds. The average molecular weight is 512 g/mol. The number of phenolic OH excluding ortho intramolecular Hbond substituents is 1. The van der Waals surface area contributed by atoms with Gasteiger partial charge in [-0.2, -0.15) is 0 Å². The predicted molar refractivity (Wildman–Crippen MR) is 145 cm³/mol. The number of carboxylic acid groups (broad SMARTS) is 1. The summed E-state index contributed by atoms with van der Waals surface area (Å²) in [7, 11) is 0. The van der Waals surface area contributed by atoms with Crippen LogP contribution >= 0.6 is 0 Å². The summed E-state index contributed by atoms with van der Waals surface area (Å²) in [6.07, 6.45) is 7.82. The fourth-order valence-electron chi connectivity index (χ4n) is 5.69. The number of rotatable bonds is 9. The summed E-state index contributed by atoms with van der Waals surface area (Å²) in [5.41, 5.74) is 3.66. The van der Waals surface area contributed by atoms with Crippen LogP contribution in [0.15, 0.2) is 79.0 Å². The second-order valence-electron chi connectivity index (χ2n) is 10.4. The fraction of sp³-hybridized carbons (Fsp3) is 0.323. The van der Waals surface area contributed by atoms with Gasteiger partial charge in [0.25, 0.3) is 5.91 Å². The molecule has 1 atom stereocenters. The Morgan fingerprint density at radius 2 is 1.66 bits per heavy atom. The number of aromatic nitrogens is 2. The molecule has 1 saturated carbocycles. The number of carbonyl (C=O) groups is 2. The number of imidazole rings is 1. The number of carbonyl (C=O) groups excluding carboxylic acids is 1. The van der Waals surface area contributed by atoms with Gasteiger partial charge in [-0.25, -0.2) is 4.98 Å². The molecule has 1 unspecified atom stereocenters. The van der Waals surface area contributed by atoms with Gasteiger partial charge in [-0.3, -0.25) is 14.0 Å². The SMILES string of the molecule is O=C(NCC1(c2ccc(O)cc2)CCCCC1)c1cccc2nc(CC(Cc3ccccc3)C(=O)O)cn12. The van der Waals surface area contributed by atoms with Crippen molar-refractivity contribution in [2.24, 2.45) is 5.92 Å². The van der Waals surface area contributed by atoms with Gasteiger partial charge < -0.3 is 15.5 Å². The van der Waals surface area contributed by atoms with Crippen LogP contribution in [0.1, 0.15) is 59.4 Å². The van der Waals surface area contributed by atoms with Gasteiger partial charge in [0.15, 0.2) is 0 Å². The topological polar surface area (TPSA) is 104 Å². The summed E-state index contributed by atoms with van der Waals surface area (Å²) < 4.78 is 1.75. The van der Waals surface area contributed by atoms with Gasteiger partial charge in [0, 0.05) is 24.6 Å². The van der Waals surface area contributed by atoms with E-state index in [4.69, 9.17) is 0 Å². The van der Waals surface area contributed by atoms with E-state index in [1.165, 1.54) is 6.42 Å². The Kier molecular flexibility index (Phi) is 7.45. The fourth-order valence-corrected chi connectivity index (χ4v) is 5.69.